The molecule has 0 fully saturated rings. The molecule has 3 aromatic heterocycles. The molecule has 0 aliphatic carbocycles. The van der Waals surface area contributed by atoms with Crippen molar-refractivity contribution >= 4 is 50.7 Å². The summed E-state index contributed by atoms with van der Waals surface area (Å²) in [4.78, 5) is 22.2. The summed E-state index contributed by atoms with van der Waals surface area (Å²) in [5, 5.41) is 3.11. The Morgan fingerprint density at radius 1 is 1.06 bits per heavy atom. The first-order valence-corrected chi connectivity index (χ1v) is 12.3. The molecule has 7 heteroatoms. The number of aromatic nitrogens is 3. The van der Waals surface area contributed by atoms with Crippen LogP contribution >= 0.6 is 23.1 Å². The van der Waals surface area contributed by atoms with Crippen LogP contribution in [-0.2, 0) is 4.79 Å². The molecule has 5 rings (SSSR count). The van der Waals surface area contributed by atoms with Crippen LogP contribution in [0.3, 0.4) is 0 Å². The topological polar surface area (TPSA) is 59.3 Å². The Balaban J connectivity index is 1.27. The summed E-state index contributed by atoms with van der Waals surface area (Å²) in [7, 11) is 0. The zero-order valence-electron chi connectivity index (χ0n) is 17.6. The van der Waals surface area contributed by atoms with E-state index in [9.17, 15) is 4.79 Å². The molecule has 3 heterocycles. The highest BCUT2D eigenvalue weighted by Crippen LogP contribution is 2.31. The van der Waals surface area contributed by atoms with Gasteiger partial charge in [0.25, 0.3) is 0 Å². The highest BCUT2D eigenvalue weighted by atomic mass is 32.2. The van der Waals surface area contributed by atoms with E-state index in [1.807, 2.05) is 78.2 Å². The standard InChI is InChI=1S/C25H22N4OS2/c1-17-13-14-29-21(16-17)27-23(18-8-3-2-4-9-18)24(29)28-22(30)12-7-15-31-25-26-19-10-5-6-11-20(19)32-25/h2-6,8-11,13-14,16H,7,12,15H2,1H3,(H,28,30). The maximum absolute atomic E-state index is 12.8. The molecule has 5 nitrogen and oxygen atoms in total. The second-order valence-electron chi connectivity index (χ2n) is 7.56. The van der Waals surface area contributed by atoms with Crippen LogP contribution in [0.5, 0.6) is 0 Å². The first kappa shape index (κ1) is 20.7. The van der Waals surface area contributed by atoms with Gasteiger partial charge in [0.05, 0.1) is 10.2 Å². The summed E-state index contributed by atoms with van der Waals surface area (Å²) in [5.41, 5.74) is 4.76. The number of rotatable bonds is 7. The number of aryl methyl sites for hydroxylation is 1. The highest BCUT2D eigenvalue weighted by Gasteiger charge is 2.16. The predicted molar refractivity (Wildman–Crippen MR) is 134 cm³/mol. The number of nitrogens with zero attached hydrogens (tertiary/aromatic N) is 3. The summed E-state index contributed by atoms with van der Waals surface area (Å²) >= 11 is 3.41. The number of hydrogen-bond acceptors (Lipinski definition) is 5. The minimum atomic E-state index is -0.00513. The van der Waals surface area contributed by atoms with Gasteiger partial charge in [0, 0.05) is 23.9 Å². The third-order valence-corrected chi connectivity index (χ3v) is 7.40. The number of benzene rings is 2. The normalized spacial score (nSPS) is 11.3. The number of carbonyl (C=O) groups excluding carboxylic acids is 1. The van der Waals surface area contributed by atoms with Crippen molar-refractivity contribution in [3.63, 3.8) is 0 Å². The summed E-state index contributed by atoms with van der Waals surface area (Å²) < 4.78 is 4.20. The second-order valence-corrected chi connectivity index (χ2v) is 9.93. The average molecular weight is 459 g/mol. The second kappa shape index (κ2) is 9.14. The van der Waals surface area contributed by atoms with Gasteiger partial charge in [-0.15, -0.1) is 11.3 Å². The molecule has 0 radical (unpaired) electrons. The molecule has 2 aromatic carbocycles. The predicted octanol–water partition coefficient (Wildman–Crippen LogP) is 6.43. The Kier molecular flexibility index (Phi) is 5.92. The van der Waals surface area contributed by atoms with Crippen LogP contribution in [-0.4, -0.2) is 26.0 Å². The number of thiazole rings is 1. The number of imidazole rings is 1. The fraction of sp³-hybridized carbons (Fsp3) is 0.160. The van der Waals surface area contributed by atoms with E-state index in [0.717, 1.165) is 50.3 Å². The van der Waals surface area contributed by atoms with Gasteiger partial charge in [0.1, 0.15) is 17.2 Å². The number of para-hydroxylation sites is 1. The quantitative estimate of drug-likeness (QED) is 0.225. The van der Waals surface area contributed by atoms with Gasteiger partial charge in [0.2, 0.25) is 5.91 Å². The van der Waals surface area contributed by atoms with Crippen molar-refractivity contribution in [2.45, 2.75) is 24.1 Å². The lowest BCUT2D eigenvalue weighted by atomic mass is 10.1. The van der Waals surface area contributed by atoms with Crippen molar-refractivity contribution in [2.75, 3.05) is 11.1 Å². The van der Waals surface area contributed by atoms with Crippen LogP contribution in [0.25, 0.3) is 27.1 Å². The lowest BCUT2D eigenvalue weighted by Gasteiger charge is -2.08. The Hall–Kier alpha value is -3.16. The van der Waals surface area contributed by atoms with Gasteiger partial charge in [-0.1, -0.05) is 54.2 Å². The van der Waals surface area contributed by atoms with Crippen LogP contribution in [0.1, 0.15) is 18.4 Å². The van der Waals surface area contributed by atoms with Crippen molar-refractivity contribution in [3.05, 3.63) is 78.5 Å². The molecule has 0 atom stereocenters. The van der Waals surface area contributed by atoms with E-state index in [1.54, 1.807) is 23.1 Å². The number of fused-ring (bicyclic) bond motifs is 2. The van der Waals surface area contributed by atoms with Crippen LogP contribution in [0.2, 0.25) is 0 Å². The summed E-state index contributed by atoms with van der Waals surface area (Å²) in [6.45, 7) is 2.04. The third kappa shape index (κ3) is 4.40. The molecule has 5 aromatic rings. The Labute approximate surface area is 194 Å². The van der Waals surface area contributed by atoms with Gasteiger partial charge in [-0.3, -0.25) is 9.20 Å². The SMILES string of the molecule is Cc1ccn2c(NC(=O)CCCSc3nc4ccccc4s3)c(-c3ccccc3)nc2c1. The summed E-state index contributed by atoms with van der Waals surface area (Å²) in [6, 6.07) is 22.2. The molecular formula is C25H22N4OS2. The monoisotopic (exact) mass is 458 g/mol. The van der Waals surface area contributed by atoms with Crippen LogP contribution < -0.4 is 5.32 Å². The lowest BCUT2D eigenvalue weighted by molar-refractivity contribution is -0.116. The number of anilines is 1. The first-order chi connectivity index (χ1) is 15.7. The van der Waals surface area contributed by atoms with Gasteiger partial charge in [-0.25, -0.2) is 9.97 Å². The van der Waals surface area contributed by atoms with Gasteiger partial charge in [-0.2, -0.15) is 0 Å². The molecule has 0 spiro atoms. The molecule has 0 bridgehead atoms. The third-order valence-electron chi connectivity index (χ3n) is 5.13. The smallest absolute Gasteiger partial charge is 0.225 e. The molecule has 32 heavy (non-hydrogen) atoms. The Bertz CT molecular complexity index is 1360. The van der Waals surface area contributed by atoms with Crippen molar-refractivity contribution < 1.29 is 4.79 Å². The number of carbonyl (C=O) groups is 1. The van der Waals surface area contributed by atoms with E-state index in [-0.39, 0.29) is 5.91 Å². The minimum absolute atomic E-state index is 0.00513. The Morgan fingerprint density at radius 3 is 2.72 bits per heavy atom. The molecule has 1 N–H and O–H groups in total. The summed E-state index contributed by atoms with van der Waals surface area (Å²) in [6.07, 6.45) is 3.19. The molecule has 0 saturated heterocycles. The van der Waals surface area contributed by atoms with E-state index in [2.05, 4.69) is 16.4 Å². The number of nitrogens with one attached hydrogen (secondary N) is 1. The van der Waals surface area contributed by atoms with Crippen molar-refractivity contribution in [2.24, 2.45) is 0 Å². The van der Waals surface area contributed by atoms with Gasteiger partial charge in [0.15, 0.2) is 4.34 Å². The molecule has 0 unspecified atom stereocenters. The van der Waals surface area contributed by atoms with Crippen molar-refractivity contribution in [1.29, 1.82) is 0 Å². The fourth-order valence-electron chi connectivity index (χ4n) is 3.56. The lowest BCUT2D eigenvalue weighted by Crippen LogP contribution is -2.13. The molecule has 0 aliphatic rings. The van der Waals surface area contributed by atoms with Crippen LogP contribution in [0, 0.1) is 6.92 Å². The number of amides is 1. The summed E-state index contributed by atoms with van der Waals surface area (Å²) in [5.74, 6) is 1.56. The number of thioether (sulfide) groups is 1. The highest BCUT2D eigenvalue weighted by molar-refractivity contribution is 8.01. The van der Waals surface area contributed by atoms with E-state index in [4.69, 9.17) is 4.98 Å². The molecular weight excluding hydrogens is 436 g/mol. The molecule has 1 amide bonds. The number of pyridine rings is 1. The van der Waals surface area contributed by atoms with Gasteiger partial charge in [-0.05, 0) is 43.2 Å². The van der Waals surface area contributed by atoms with Crippen LogP contribution in [0.4, 0.5) is 5.82 Å². The fourth-order valence-corrected chi connectivity index (χ4v) is 5.64. The van der Waals surface area contributed by atoms with E-state index >= 15 is 0 Å². The first-order valence-electron chi connectivity index (χ1n) is 10.5. The Morgan fingerprint density at radius 2 is 1.88 bits per heavy atom. The van der Waals surface area contributed by atoms with Crippen molar-refractivity contribution in [1.82, 2.24) is 14.4 Å². The molecule has 0 saturated carbocycles. The number of hydrogen-bond donors (Lipinski definition) is 1. The van der Waals surface area contributed by atoms with Crippen molar-refractivity contribution in [3.8, 4) is 11.3 Å². The zero-order valence-corrected chi connectivity index (χ0v) is 19.2. The van der Waals surface area contributed by atoms with E-state index in [0.29, 0.717) is 6.42 Å². The zero-order chi connectivity index (χ0) is 21.9. The maximum atomic E-state index is 12.8. The van der Waals surface area contributed by atoms with Gasteiger partial charge >= 0.3 is 0 Å². The molecule has 0 aliphatic heterocycles. The van der Waals surface area contributed by atoms with E-state index in [1.165, 1.54) is 4.70 Å². The van der Waals surface area contributed by atoms with Gasteiger partial charge < -0.3 is 5.32 Å². The van der Waals surface area contributed by atoms with E-state index < -0.39 is 0 Å². The molecule has 160 valence electrons. The average Bonchev–Trinajstić information content (AvgIpc) is 3.38. The minimum Gasteiger partial charge on any atom is -0.310 e. The van der Waals surface area contributed by atoms with Crippen LogP contribution in [0.15, 0.2) is 77.3 Å². The maximum Gasteiger partial charge on any atom is 0.225 e. The largest absolute Gasteiger partial charge is 0.310 e.